The van der Waals surface area contributed by atoms with Crippen molar-refractivity contribution in [2.45, 2.75) is 240 Å². The quantitative estimate of drug-likeness (QED) is 0.0191. The van der Waals surface area contributed by atoms with Gasteiger partial charge in [-0.3, -0.25) is 24.1 Å². The van der Waals surface area contributed by atoms with Crippen molar-refractivity contribution in [3.63, 3.8) is 0 Å². The van der Waals surface area contributed by atoms with Crippen LogP contribution in [0.3, 0.4) is 0 Å². The molecule has 0 aliphatic carbocycles. The second kappa shape index (κ2) is 81.3. The zero-order chi connectivity index (χ0) is 106. The van der Waals surface area contributed by atoms with Crippen LogP contribution >= 0.6 is 0 Å². The summed E-state index contributed by atoms with van der Waals surface area (Å²) in [4.78, 5) is 157. The molecule has 8 atom stereocenters. The van der Waals surface area contributed by atoms with Crippen LogP contribution in [0.1, 0.15) is 191 Å². The normalized spacial score (nSPS) is 13.4. The molecule has 4 N–H and O–H groups in total. The van der Waals surface area contributed by atoms with E-state index in [9.17, 15) is 78.0 Å². The maximum Gasteiger partial charge on any atom is 0.330 e. The maximum atomic E-state index is 13.8. The second-order valence-corrected chi connectivity index (χ2v) is 35.8. The number of esters is 12. The Labute approximate surface area is 835 Å². The van der Waals surface area contributed by atoms with Gasteiger partial charge < -0.3 is 125 Å². The van der Waals surface area contributed by atoms with Crippen molar-refractivity contribution in [2.24, 2.45) is 21.7 Å². The first-order valence-electron chi connectivity index (χ1n) is 48.9. The van der Waals surface area contributed by atoms with E-state index in [-0.39, 0.29) is 105 Å². The van der Waals surface area contributed by atoms with Gasteiger partial charge in [-0.15, -0.1) is 0 Å². The Balaban J connectivity index is 6.04. The number of hydrogen-bond acceptors (Lipinski definition) is 39. The summed E-state index contributed by atoms with van der Waals surface area (Å²) in [5.74, 6) is -9.85. The lowest BCUT2D eigenvalue weighted by Gasteiger charge is -2.35. The molecule has 0 saturated heterocycles. The van der Waals surface area contributed by atoms with Gasteiger partial charge in [0.25, 0.3) is 0 Å². The largest absolute Gasteiger partial charge is 0.465 e. The Morgan fingerprint density at radius 1 is 0.248 bits per heavy atom. The number of carbonyl (C=O) groups excluding carboxylic acids is 12. The van der Waals surface area contributed by atoms with E-state index >= 15 is 0 Å². The monoisotopic (exact) mass is 2010 g/mol. The SMILES string of the molecule is C=CC(=O)OCC(COCC(COC(=O)C=C)(COC(=O)C=C)COC(=O)CCN(CCCCCCCC)CC(O)COCC(C)OCC(C)OCC(O)CN(CCCCCCCC)CC(O)COCC(C)OCC(C)OCC(O)CN(CCCCCCCC)CCC(=O)OCC(COCC(COC(C)=O)(COC(=O)C=C)COC(=O)C=C)(COC(=O)C=C)COC(=O)C=C)(COC(C)=O)COC(=O)C=C. The summed E-state index contributed by atoms with van der Waals surface area (Å²) in [5, 5.41) is 45.5. The van der Waals surface area contributed by atoms with Crippen molar-refractivity contribution in [3.8, 4) is 0 Å². The van der Waals surface area contributed by atoms with Gasteiger partial charge in [-0.25, -0.2) is 38.4 Å². The van der Waals surface area contributed by atoms with Crippen molar-refractivity contribution < 1.29 is 173 Å². The summed E-state index contributed by atoms with van der Waals surface area (Å²) in [7, 11) is 0. The number of ether oxygens (including phenoxy) is 20. The standard InChI is InChI=1S/C102H169N3O36/c1-18-29-32-35-38-41-46-103(49-44-97(120)140-77-101(73-136-93(116)25-8,74-137-94(117)26-9)65-124-63-99(67-130-83(16)106,69-132-89(112)21-4)70-133-90(113)22-5)51-85(108)59-122-55-79(12)127-58-82(15)129-62-88(111)54-105(48-43-40-37-34-31-20-3)53-86(109)60-123-56-80(13)126-57-81(14)128-61-87(110)52-104(47-42-39-36-33-30-19-2)50-45-98(121)141-78-102(75-138-95(118)27-10,76-139-96(119)28-11)66-125-64-100(68-131-84(17)107,71-134-91(114)23-6)72-135-92(115)24-7/h21-28,79-82,85-88,108-111H,4-11,18-20,29-78H2,1-3,12-17H3. The lowest BCUT2D eigenvalue weighted by Crippen LogP contribution is -2.47. The molecule has 0 rings (SSSR count). The van der Waals surface area contributed by atoms with Crippen LogP contribution in [0.25, 0.3) is 0 Å². The van der Waals surface area contributed by atoms with Crippen LogP contribution in [0, 0.1) is 21.7 Å². The Bertz CT molecular complexity index is 3500. The molecule has 39 heteroatoms. The average molecular weight is 2010 g/mol. The highest BCUT2D eigenvalue weighted by molar-refractivity contribution is 5.84. The fourth-order valence-electron chi connectivity index (χ4n) is 13.5. The van der Waals surface area contributed by atoms with Crippen LogP contribution in [0.5, 0.6) is 0 Å². The van der Waals surface area contributed by atoms with Gasteiger partial charge in [0.2, 0.25) is 0 Å². The molecule has 0 aromatic rings. The summed E-state index contributed by atoms with van der Waals surface area (Å²) < 4.78 is 114. The zero-order valence-corrected chi connectivity index (χ0v) is 85.6. The summed E-state index contributed by atoms with van der Waals surface area (Å²) in [6.45, 7) is 37.9. The van der Waals surface area contributed by atoms with E-state index in [2.05, 4.69) is 73.4 Å². The first-order valence-corrected chi connectivity index (χ1v) is 48.9. The van der Waals surface area contributed by atoms with Crippen LogP contribution in [0.15, 0.2) is 101 Å². The summed E-state index contributed by atoms with van der Waals surface area (Å²) in [6, 6.07) is 0. The highest BCUT2D eigenvalue weighted by atomic mass is 16.6. The molecule has 0 aliphatic heterocycles. The molecule has 141 heavy (non-hydrogen) atoms. The number of unbranched alkanes of at least 4 members (excludes halogenated alkanes) is 15. The summed E-state index contributed by atoms with van der Waals surface area (Å²) >= 11 is 0. The molecule has 808 valence electrons. The minimum Gasteiger partial charge on any atom is -0.465 e. The second-order valence-electron chi connectivity index (χ2n) is 35.8. The topological polar surface area (TPSA) is 480 Å². The van der Waals surface area contributed by atoms with Gasteiger partial charge >= 0.3 is 71.6 Å². The summed E-state index contributed by atoms with van der Waals surface area (Å²) in [6.07, 6.45) is 19.2. The van der Waals surface area contributed by atoms with Crippen LogP contribution in [-0.4, -0.2) is 373 Å². The smallest absolute Gasteiger partial charge is 0.330 e. The Kier molecular flexibility index (Phi) is 76.1. The number of aliphatic hydroxyl groups is 4. The number of nitrogens with zero attached hydrogens (tertiary/aromatic N) is 3. The highest BCUT2D eigenvalue weighted by Gasteiger charge is 2.43. The minimum atomic E-state index is -1.63. The molecule has 0 fully saturated rings. The van der Waals surface area contributed by atoms with Gasteiger partial charge in [0.05, 0.1) is 163 Å². The lowest BCUT2D eigenvalue weighted by molar-refractivity contribution is -0.175. The molecule has 0 spiro atoms. The van der Waals surface area contributed by atoms with Gasteiger partial charge in [0.15, 0.2) is 0 Å². The van der Waals surface area contributed by atoms with Crippen molar-refractivity contribution in [3.05, 3.63) is 101 Å². The molecule has 0 heterocycles. The van der Waals surface area contributed by atoms with Gasteiger partial charge in [-0.2, -0.15) is 0 Å². The molecule has 0 bridgehead atoms. The van der Waals surface area contributed by atoms with Gasteiger partial charge in [-0.1, -0.05) is 170 Å². The van der Waals surface area contributed by atoms with E-state index in [1.807, 2.05) is 35.5 Å². The maximum absolute atomic E-state index is 13.8. The highest BCUT2D eigenvalue weighted by Crippen LogP contribution is 2.30. The van der Waals surface area contributed by atoms with Crippen LogP contribution in [0.2, 0.25) is 0 Å². The third kappa shape index (κ3) is 69.6. The van der Waals surface area contributed by atoms with E-state index < -0.39 is 248 Å². The van der Waals surface area contributed by atoms with Crippen molar-refractivity contribution in [2.75, 3.05) is 217 Å². The van der Waals surface area contributed by atoms with Gasteiger partial charge in [0, 0.05) is 102 Å². The number of rotatable bonds is 95. The molecule has 0 aromatic heterocycles. The Morgan fingerprint density at radius 3 is 0.702 bits per heavy atom. The van der Waals surface area contributed by atoms with E-state index in [4.69, 9.17) is 94.7 Å². The lowest BCUT2D eigenvalue weighted by atomic mass is 9.90. The summed E-state index contributed by atoms with van der Waals surface area (Å²) in [5.41, 5.74) is -6.37. The zero-order valence-electron chi connectivity index (χ0n) is 85.6. The van der Waals surface area contributed by atoms with Crippen molar-refractivity contribution >= 4 is 71.6 Å². The number of carbonyl (C=O) groups is 12. The van der Waals surface area contributed by atoms with Crippen LogP contribution in [-0.2, 0) is 152 Å². The van der Waals surface area contributed by atoms with Crippen molar-refractivity contribution in [1.29, 1.82) is 0 Å². The van der Waals surface area contributed by atoms with E-state index in [1.54, 1.807) is 6.92 Å². The first kappa shape index (κ1) is 132. The molecular weight excluding hydrogens is 1840 g/mol. The van der Waals surface area contributed by atoms with Crippen LogP contribution in [0.4, 0.5) is 0 Å². The predicted octanol–water partition coefficient (Wildman–Crippen LogP) is 8.88. The van der Waals surface area contributed by atoms with E-state index in [1.165, 1.54) is 0 Å². The molecule has 0 radical (unpaired) electrons. The van der Waals surface area contributed by atoms with Gasteiger partial charge in [-0.05, 0) is 66.6 Å². The average Bonchev–Trinajstić information content (AvgIpc) is 0.837. The minimum absolute atomic E-state index is 0.0135. The molecule has 0 amide bonds. The molecular formula is C102H169N3O36. The van der Waals surface area contributed by atoms with Crippen LogP contribution < -0.4 is 0 Å². The molecule has 8 unspecified atom stereocenters. The molecule has 39 nitrogen and oxygen atoms in total. The van der Waals surface area contributed by atoms with Crippen molar-refractivity contribution in [1.82, 2.24) is 14.7 Å². The van der Waals surface area contributed by atoms with Gasteiger partial charge in [0.1, 0.15) is 79.3 Å². The fraction of sp³-hybridized carbons (Fsp3) is 0.725. The molecule has 0 saturated carbocycles. The van der Waals surface area contributed by atoms with E-state index in [0.717, 1.165) is 178 Å². The Hall–Kier alpha value is -9.04. The Morgan fingerprint density at radius 2 is 0.454 bits per heavy atom. The third-order valence-electron chi connectivity index (χ3n) is 21.7. The number of hydrogen-bond donors (Lipinski definition) is 4. The fourth-order valence-corrected chi connectivity index (χ4v) is 13.5. The number of aliphatic hydroxyl groups excluding tert-OH is 4. The third-order valence-corrected chi connectivity index (χ3v) is 21.7. The molecule has 0 aromatic carbocycles. The van der Waals surface area contributed by atoms with E-state index in [0.29, 0.717) is 19.6 Å². The molecule has 0 aliphatic rings. The first-order chi connectivity index (χ1) is 67.3. The predicted molar refractivity (Wildman–Crippen MR) is 522 cm³/mol.